The van der Waals surface area contributed by atoms with Gasteiger partial charge in [0, 0.05) is 31.3 Å². The molecule has 1 aromatic carbocycles. The fourth-order valence-electron chi connectivity index (χ4n) is 1.31. The van der Waals surface area contributed by atoms with Gasteiger partial charge < -0.3 is 16.0 Å². The summed E-state index contributed by atoms with van der Waals surface area (Å²) in [5, 5.41) is 9.79. The van der Waals surface area contributed by atoms with Crippen LogP contribution in [0.5, 0.6) is 0 Å². The quantitative estimate of drug-likeness (QED) is 0.557. The molecule has 0 aromatic heterocycles. The first kappa shape index (κ1) is 14.0. The van der Waals surface area contributed by atoms with Crippen LogP contribution >= 0.6 is 0 Å². The molecule has 0 aliphatic heterocycles. The van der Waals surface area contributed by atoms with Gasteiger partial charge in [-0.15, -0.1) is 0 Å². The molecular formula is C12H17FN4O. The van der Waals surface area contributed by atoms with Gasteiger partial charge in [-0.05, 0) is 13.0 Å². The van der Waals surface area contributed by atoms with Crippen LogP contribution < -0.4 is 11.1 Å². The molecule has 6 heteroatoms. The van der Waals surface area contributed by atoms with Crippen LogP contribution in [0.3, 0.4) is 0 Å². The maximum atomic E-state index is 13.6. The van der Waals surface area contributed by atoms with Crippen LogP contribution in [0.15, 0.2) is 18.2 Å². The van der Waals surface area contributed by atoms with E-state index in [1.54, 1.807) is 13.1 Å². The molecule has 0 heterocycles. The minimum Gasteiger partial charge on any atom is -0.384 e. The second kappa shape index (κ2) is 6.00. The Kier molecular flexibility index (Phi) is 4.65. The fraction of sp³-hybridized carbons (Fsp3) is 0.333. The topological polar surface area (TPSA) is 82.2 Å². The predicted octanol–water partition coefficient (Wildman–Crippen LogP) is 1.27. The van der Waals surface area contributed by atoms with Crippen LogP contribution in [0.25, 0.3) is 0 Å². The molecule has 0 aliphatic carbocycles. The second-order valence-corrected chi connectivity index (χ2v) is 3.89. The number of nitrogen functional groups attached to an aromatic ring is 1. The molecule has 0 atom stereocenters. The Morgan fingerprint density at radius 2 is 2.22 bits per heavy atom. The minimum atomic E-state index is -0.484. The Labute approximate surface area is 105 Å². The van der Waals surface area contributed by atoms with Crippen molar-refractivity contribution < 1.29 is 9.18 Å². The number of urea groups is 1. The molecule has 18 heavy (non-hydrogen) atoms. The average molecular weight is 252 g/mol. The summed E-state index contributed by atoms with van der Waals surface area (Å²) in [6.45, 7) is 2.53. The van der Waals surface area contributed by atoms with Crippen molar-refractivity contribution in [3.63, 3.8) is 0 Å². The Hall–Kier alpha value is -2.11. The van der Waals surface area contributed by atoms with Crippen LogP contribution in [0.2, 0.25) is 0 Å². The van der Waals surface area contributed by atoms with Crippen molar-refractivity contribution in [1.82, 2.24) is 10.2 Å². The normalized spacial score (nSPS) is 9.94. The summed E-state index contributed by atoms with van der Waals surface area (Å²) in [5.74, 6) is -0.669. The maximum Gasteiger partial charge on any atom is 0.317 e. The number of carbonyl (C=O) groups excluding carboxylic acids is 1. The molecule has 0 saturated heterocycles. The SMILES string of the molecule is CCN(C)C(=O)NCc1ccc(C(=N)N)cc1F. The first-order valence-electron chi connectivity index (χ1n) is 5.57. The van der Waals surface area contributed by atoms with E-state index in [-0.39, 0.29) is 18.4 Å². The van der Waals surface area contributed by atoms with E-state index in [1.807, 2.05) is 6.92 Å². The first-order valence-corrected chi connectivity index (χ1v) is 5.57. The highest BCUT2D eigenvalue weighted by Crippen LogP contribution is 2.10. The Morgan fingerprint density at radius 3 is 2.72 bits per heavy atom. The number of halogens is 1. The number of nitrogens with one attached hydrogen (secondary N) is 2. The number of carbonyl (C=O) groups is 1. The van der Waals surface area contributed by atoms with Gasteiger partial charge in [0.1, 0.15) is 11.7 Å². The highest BCUT2D eigenvalue weighted by Gasteiger charge is 2.09. The van der Waals surface area contributed by atoms with Crippen molar-refractivity contribution in [3.05, 3.63) is 35.1 Å². The molecule has 5 nitrogen and oxygen atoms in total. The number of benzene rings is 1. The van der Waals surface area contributed by atoms with Gasteiger partial charge in [0.2, 0.25) is 0 Å². The zero-order valence-corrected chi connectivity index (χ0v) is 10.5. The third-order valence-electron chi connectivity index (χ3n) is 2.62. The van der Waals surface area contributed by atoms with Crippen LogP contribution in [0.1, 0.15) is 18.1 Å². The van der Waals surface area contributed by atoms with Gasteiger partial charge in [0.25, 0.3) is 0 Å². The van der Waals surface area contributed by atoms with E-state index < -0.39 is 5.82 Å². The van der Waals surface area contributed by atoms with Gasteiger partial charge in [-0.3, -0.25) is 5.41 Å². The zero-order valence-electron chi connectivity index (χ0n) is 10.5. The number of hydrogen-bond acceptors (Lipinski definition) is 2. The molecule has 0 fully saturated rings. The number of amides is 2. The lowest BCUT2D eigenvalue weighted by atomic mass is 10.1. The monoisotopic (exact) mass is 252 g/mol. The van der Waals surface area contributed by atoms with Crippen molar-refractivity contribution in [1.29, 1.82) is 5.41 Å². The molecule has 0 spiro atoms. The third-order valence-corrected chi connectivity index (χ3v) is 2.62. The summed E-state index contributed by atoms with van der Waals surface area (Å²) in [6, 6.07) is 4.00. The molecule has 4 N–H and O–H groups in total. The van der Waals surface area contributed by atoms with Crippen molar-refractivity contribution in [2.24, 2.45) is 5.73 Å². The zero-order chi connectivity index (χ0) is 13.7. The Balaban J connectivity index is 2.69. The fourth-order valence-corrected chi connectivity index (χ4v) is 1.31. The van der Waals surface area contributed by atoms with E-state index in [2.05, 4.69) is 5.32 Å². The molecular weight excluding hydrogens is 235 g/mol. The maximum absolute atomic E-state index is 13.6. The van der Waals surface area contributed by atoms with Crippen LogP contribution in [-0.2, 0) is 6.54 Å². The summed E-state index contributed by atoms with van der Waals surface area (Å²) in [6.07, 6.45) is 0. The number of rotatable bonds is 4. The molecule has 0 bridgehead atoms. The van der Waals surface area contributed by atoms with Crippen molar-refractivity contribution >= 4 is 11.9 Å². The van der Waals surface area contributed by atoms with Gasteiger partial charge in [-0.25, -0.2) is 9.18 Å². The highest BCUT2D eigenvalue weighted by molar-refractivity contribution is 5.94. The Morgan fingerprint density at radius 1 is 1.56 bits per heavy atom. The van der Waals surface area contributed by atoms with Gasteiger partial charge in [-0.2, -0.15) is 0 Å². The van der Waals surface area contributed by atoms with E-state index in [1.165, 1.54) is 17.0 Å². The number of hydrogen-bond donors (Lipinski definition) is 3. The van der Waals surface area contributed by atoms with Crippen LogP contribution in [0, 0.1) is 11.2 Å². The van der Waals surface area contributed by atoms with Gasteiger partial charge in [-0.1, -0.05) is 12.1 Å². The molecule has 0 radical (unpaired) electrons. The average Bonchev–Trinajstić information content (AvgIpc) is 2.35. The molecule has 0 unspecified atom stereocenters. The lowest BCUT2D eigenvalue weighted by Gasteiger charge is -2.15. The molecule has 0 saturated carbocycles. The lowest BCUT2D eigenvalue weighted by molar-refractivity contribution is 0.210. The van der Waals surface area contributed by atoms with E-state index in [9.17, 15) is 9.18 Å². The summed E-state index contributed by atoms with van der Waals surface area (Å²) in [5.41, 5.74) is 5.94. The summed E-state index contributed by atoms with van der Waals surface area (Å²) in [7, 11) is 1.66. The number of nitrogens with two attached hydrogens (primary N) is 1. The van der Waals surface area contributed by atoms with Crippen molar-refractivity contribution in [2.45, 2.75) is 13.5 Å². The summed E-state index contributed by atoms with van der Waals surface area (Å²) >= 11 is 0. The van der Waals surface area contributed by atoms with Gasteiger partial charge in [0.15, 0.2) is 0 Å². The van der Waals surface area contributed by atoms with Crippen LogP contribution in [0.4, 0.5) is 9.18 Å². The van der Waals surface area contributed by atoms with Crippen molar-refractivity contribution in [3.8, 4) is 0 Å². The largest absolute Gasteiger partial charge is 0.384 e. The second-order valence-electron chi connectivity index (χ2n) is 3.89. The molecule has 0 aliphatic rings. The molecule has 1 rings (SSSR count). The van der Waals surface area contributed by atoms with E-state index >= 15 is 0 Å². The lowest BCUT2D eigenvalue weighted by Crippen LogP contribution is -2.36. The molecule has 98 valence electrons. The minimum absolute atomic E-state index is 0.104. The predicted molar refractivity (Wildman–Crippen MR) is 68.0 cm³/mol. The smallest absolute Gasteiger partial charge is 0.317 e. The number of amidine groups is 1. The highest BCUT2D eigenvalue weighted by atomic mass is 19.1. The van der Waals surface area contributed by atoms with Gasteiger partial charge >= 0.3 is 6.03 Å². The van der Waals surface area contributed by atoms with E-state index in [0.717, 1.165) is 0 Å². The Bertz CT molecular complexity index is 461. The summed E-state index contributed by atoms with van der Waals surface area (Å²) < 4.78 is 13.6. The summed E-state index contributed by atoms with van der Waals surface area (Å²) in [4.78, 5) is 13.0. The van der Waals surface area contributed by atoms with Crippen molar-refractivity contribution in [2.75, 3.05) is 13.6 Å². The standard InChI is InChI=1S/C12H17FN4O/c1-3-17(2)12(18)16-7-9-5-4-8(11(14)15)6-10(9)13/h4-6H,3,7H2,1-2H3,(H3,14,15)(H,16,18). The van der Waals surface area contributed by atoms with E-state index in [0.29, 0.717) is 17.7 Å². The number of nitrogens with zero attached hydrogens (tertiary/aromatic N) is 1. The first-order chi connectivity index (χ1) is 8.45. The molecule has 2 amide bonds. The van der Waals surface area contributed by atoms with Crippen LogP contribution in [-0.4, -0.2) is 30.4 Å². The molecule has 1 aromatic rings. The third kappa shape index (κ3) is 3.44. The van der Waals surface area contributed by atoms with Gasteiger partial charge in [0.05, 0.1) is 0 Å². The van der Waals surface area contributed by atoms with E-state index in [4.69, 9.17) is 11.1 Å².